The monoisotopic (exact) mass is 380 g/mol. The van der Waals surface area contributed by atoms with Gasteiger partial charge in [-0.2, -0.15) is 0 Å². The number of carbonyl (C=O) groups is 2. The molecule has 0 radical (unpaired) electrons. The molecule has 138 valence electrons. The number of aryl methyl sites for hydroxylation is 1. The third-order valence-electron chi connectivity index (χ3n) is 3.98. The van der Waals surface area contributed by atoms with Crippen molar-refractivity contribution in [3.05, 3.63) is 66.0 Å². The quantitative estimate of drug-likeness (QED) is 0.499. The van der Waals surface area contributed by atoms with E-state index in [4.69, 9.17) is 0 Å². The molecule has 1 amide bonds. The van der Waals surface area contributed by atoms with Crippen LogP contribution >= 0.6 is 11.8 Å². The van der Waals surface area contributed by atoms with Gasteiger partial charge in [-0.1, -0.05) is 49.0 Å². The number of hydrogen-bond donors (Lipinski definition) is 1. The number of nitrogens with zero attached hydrogens (tertiary/aromatic N) is 3. The standard InChI is InChI=1S/C20H20N4O2S/c1-3-15-7-9-16(10-8-15)19(26)12-27-20-23-21-13-24(20)18-6-4-5-17(11-18)22-14(2)25/h4-11,13H,3,12H2,1-2H3,(H,22,25). The van der Waals surface area contributed by atoms with E-state index in [0.717, 1.165) is 12.1 Å². The molecule has 0 saturated carbocycles. The van der Waals surface area contributed by atoms with E-state index in [-0.39, 0.29) is 17.4 Å². The Labute approximate surface area is 162 Å². The number of ketones is 1. The maximum absolute atomic E-state index is 12.4. The van der Waals surface area contributed by atoms with Gasteiger partial charge >= 0.3 is 0 Å². The SMILES string of the molecule is CCc1ccc(C(=O)CSc2nncn2-c2cccc(NC(C)=O)c2)cc1. The molecule has 0 unspecified atom stereocenters. The van der Waals surface area contributed by atoms with Gasteiger partial charge in [0, 0.05) is 18.2 Å². The zero-order chi connectivity index (χ0) is 19.2. The normalized spacial score (nSPS) is 10.6. The van der Waals surface area contributed by atoms with Gasteiger partial charge in [0.25, 0.3) is 0 Å². The van der Waals surface area contributed by atoms with Crippen LogP contribution in [-0.4, -0.2) is 32.2 Å². The van der Waals surface area contributed by atoms with Crippen LogP contribution in [-0.2, 0) is 11.2 Å². The van der Waals surface area contributed by atoms with E-state index in [0.29, 0.717) is 16.4 Å². The number of aromatic nitrogens is 3. The summed E-state index contributed by atoms with van der Waals surface area (Å²) >= 11 is 1.33. The molecule has 0 aliphatic carbocycles. The van der Waals surface area contributed by atoms with Crippen LogP contribution in [0.25, 0.3) is 5.69 Å². The number of Topliss-reactive ketones (excluding diaryl/α,β-unsaturated/α-hetero) is 1. The fourth-order valence-corrected chi connectivity index (χ4v) is 3.40. The van der Waals surface area contributed by atoms with Crippen molar-refractivity contribution in [1.29, 1.82) is 0 Å². The topological polar surface area (TPSA) is 76.9 Å². The van der Waals surface area contributed by atoms with Crippen molar-refractivity contribution >= 4 is 29.1 Å². The number of rotatable bonds is 7. The first-order valence-electron chi connectivity index (χ1n) is 8.60. The highest BCUT2D eigenvalue weighted by Gasteiger charge is 2.12. The highest BCUT2D eigenvalue weighted by Crippen LogP contribution is 2.22. The summed E-state index contributed by atoms with van der Waals surface area (Å²) in [4.78, 5) is 23.7. The molecule has 0 spiro atoms. The van der Waals surface area contributed by atoms with Crippen LogP contribution in [0.3, 0.4) is 0 Å². The van der Waals surface area contributed by atoms with E-state index in [1.165, 1.54) is 24.2 Å². The number of nitrogens with one attached hydrogen (secondary N) is 1. The van der Waals surface area contributed by atoms with E-state index < -0.39 is 0 Å². The minimum Gasteiger partial charge on any atom is -0.326 e. The van der Waals surface area contributed by atoms with Gasteiger partial charge in [0.05, 0.1) is 11.4 Å². The molecule has 2 aromatic carbocycles. The second-order valence-electron chi connectivity index (χ2n) is 5.98. The average Bonchev–Trinajstić information content (AvgIpc) is 3.14. The summed E-state index contributed by atoms with van der Waals surface area (Å²) in [5, 5.41) is 11.4. The van der Waals surface area contributed by atoms with Gasteiger partial charge in [-0.15, -0.1) is 10.2 Å². The highest BCUT2D eigenvalue weighted by molar-refractivity contribution is 7.99. The van der Waals surface area contributed by atoms with E-state index >= 15 is 0 Å². The first-order chi connectivity index (χ1) is 13.1. The van der Waals surface area contributed by atoms with E-state index in [1.807, 2.05) is 48.5 Å². The number of thioether (sulfide) groups is 1. The number of benzene rings is 2. The lowest BCUT2D eigenvalue weighted by Gasteiger charge is -2.08. The van der Waals surface area contributed by atoms with Crippen LogP contribution in [0, 0.1) is 0 Å². The minimum atomic E-state index is -0.134. The van der Waals surface area contributed by atoms with Gasteiger partial charge in [0.1, 0.15) is 6.33 Å². The Bertz CT molecular complexity index is 951. The van der Waals surface area contributed by atoms with Gasteiger partial charge in [-0.3, -0.25) is 14.2 Å². The van der Waals surface area contributed by atoms with Crippen LogP contribution in [0.1, 0.15) is 29.8 Å². The van der Waals surface area contributed by atoms with Gasteiger partial charge < -0.3 is 5.32 Å². The molecule has 0 aliphatic rings. The molecule has 1 heterocycles. The van der Waals surface area contributed by atoms with Crippen LogP contribution in [0.4, 0.5) is 5.69 Å². The first kappa shape index (κ1) is 18.8. The smallest absolute Gasteiger partial charge is 0.221 e. The Morgan fingerprint density at radius 3 is 2.63 bits per heavy atom. The molecule has 1 N–H and O–H groups in total. The lowest BCUT2D eigenvalue weighted by Crippen LogP contribution is -2.07. The summed E-state index contributed by atoms with van der Waals surface area (Å²) in [6.45, 7) is 3.55. The van der Waals surface area contributed by atoms with Crippen molar-refractivity contribution in [1.82, 2.24) is 14.8 Å². The fourth-order valence-electron chi connectivity index (χ4n) is 2.58. The summed E-state index contributed by atoms with van der Waals surface area (Å²) in [6.07, 6.45) is 2.54. The van der Waals surface area contributed by atoms with Crippen molar-refractivity contribution in [2.75, 3.05) is 11.1 Å². The van der Waals surface area contributed by atoms with Crippen molar-refractivity contribution in [2.45, 2.75) is 25.4 Å². The molecule has 0 aliphatic heterocycles. The molecule has 6 nitrogen and oxygen atoms in total. The van der Waals surface area contributed by atoms with Crippen LogP contribution in [0.15, 0.2) is 60.0 Å². The summed E-state index contributed by atoms with van der Waals surface area (Å²) in [5.41, 5.74) is 3.40. The molecule has 0 bridgehead atoms. The first-order valence-corrected chi connectivity index (χ1v) is 9.58. The maximum Gasteiger partial charge on any atom is 0.221 e. The largest absolute Gasteiger partial charge is 0.326 e. The van der Waals surface area contributed by atoms with Crippen molar-refractivity contribution in [2.24, 2.45) is 0 Å². The van der Waals surface area contributed by atoms with Crippen molar-refractivity contribution in [3.63, 3.8) is 0 Å². The Balaban J connectivity index is 1.71. The molecule has 0 atom stereocenters. The van der Waals surface area contributed by atoms with Gasteiger partial charge in [-0.25, -0.2) is 0 Å². The molecule has 3 rings (SSSR count). The summed E-state index contributed by atoms with van der Waals surface area (Å²) in [6, 6.07) is 15.1. The summed E-state index contributed by atoms with van der Waals surface area (Å²) < 4.78 is 1.80. The van der Waals surface area contributed by atoms with Gasteiger partial charge in [0.2, 0.25) is 5.91 Å². The molecular weight excluding hydrogens is 360 g/mol. The molecule has 3 aromatic rings. The Morgan fingerprint density at radius 1 is 1.15 bits per heavy atom. The van der Waals surface area contributed by atoms with E-state index in [2.05, 4.69) is 22.4 Å². The number of carbonyl (C=O) groups excluding carboxylic acids is 2. The maximum atomic E-state index is 12.4. The molecule has 0 fully saturated rings. The number of anilines is 1. The zero-order valence-electron chi connectivity index (χ0n) is 15.2. The highest BCUT2D eigenvalue weighted by atomic mass is 32.2. The van der Waals surface area contributed by atoms with Crippen molar-refractivity contribution in [3.8, 4) is 5.69 Å². The van der Waals surface area contributed by atoms with Gasteiger partial charge in [0.15, 0.2) is 10.9 Å². The van der Waals surface area contributed by atoms with Crippen LogP contribution in [0.2, 0.25) is 0 Å². The number of amides is 1. The lowest BCUT2D eigenvalue weighted by atomic mass is 10.1. The Kier molecular flexibility index (Phi) is 6.03. The molecule has 1 aromatic heterocycles. The van der Waals surface area contributed by atoms with E-state index in [9.17, 15) is 9.59 Å². The third kappa shape index (κ3) is 4.83. The van der Waals surface area contributed by atoms with E-state index in [1.54, 1.807) is 10.9 Å². The molecule has 7 heteroatoms. The van der Waals surface area contributed by atoms with Crippen molar-refractivity contribution < 1.29 is 9.59 Å². The molecule has 27 heavy (non-hydrogen) atoms. The molecular formula is C20H20N4O2S. The van der Waals surface area contributed by atoms with Gasteiger partial charge in [-0.05, 0) is 30.2 Å². The summed E-state index contributed by atoms with van der Waals surface area (Å²) in [5.74, 6) is 0.185. The lowest BCUT2D eigenvalue weighted by molar-refractivity contribution is -0.114. The van der Waals surface area contributed by atoms with Crippen LogP contribution < -0.4 is 5.32 Å². The average molecular weight is 380 g/mol. The predicted octanol–water partition coefficient (Wildman–Crippen LogP) is 3.76. The fraction of sp³-hybridized carbons (Fsp3) is 0.200. The zero-order valence-corrected chi connectivity index (χ0v) is 16.0. The minimum absolute atomic E-state index is 0.0456. The Hall–Kier alpha value is -2.93. The molecule has 0 saturated heterocycles. The second-order valence-corrected chi connectivity index (χ2v) is 6.92. The Morgan fingerprint density at radius 2 is 1.93 bits per heavy atom. The van der Waals surface area contributed by atoms with Crippen LogP contribution in [0.5, 0.6) is 0 Å². The third-order valence-corrected chi connectivity index (χ3v) is 4.92. The predicted molar refractivity (Wildman–Crippen MR) is 107 cm³/mol. The second kappa shape index (κ2) is 8.64. The summed E-state index contributed by atoms with van der Waals surface area (Å²) in [7, 11) is 0. The number of hydrogen-bond acceptors (Lipinski definition) is 5.